The lowest BCUT2D eigenvalue weighted by atomic mass is 10.0. The average Bonchev–Trinajstić information content (AvgIpc) is 3.02. The summed E-state index contributed by atoms with van der Waals surface area (Å²) in [4.78, 5) is 27.3. The molecule has 0 aromatic heterocycles. The second-order valence-electron chi connectivity index (χ2n) is 6.74. The molecule has 0 fully saturated rings. The van der Waals surface area contributed by atoms with E-state index in [0.717, 1.165) is 17.0 Å². The largest absolute Gasteiger partial charge is 0.494 e. The number of nitrogens with zero attached hydrogens (tertiary/aromatic N) is 1. The van der Waals surface area contributed by atoms with Crippen LogP contribution in [-0.4, -0.2) is 18.4 Å². The molecule has 156 valence electrons. The summed E-state index contributed by atoms with van der Waals surface area (Å²) < 4.78 is 32.6. The Labute approximate surface area is 177 Å². The van der Waals surface area contributed by atoms with Crippen molar-refractivity contribution in [2.45, 2.75) is 6.92 Å². The number of nitrogens with one attached hydrogen (secondary N) is 1. The lowest BCUT2D eigenvalue weighted by molar-refractivity contribution is -0.120. The fourth-order valence-electron chi connectivity index (χ4n) is 3.32. The van der Waals surface area contributed by atoms with Crippen LogP contribution in [0.15, 0.2) is 78.5 Å². The van der Waals surface area contributed by atoms with Gasteiger partial charge >= 0.3 is 0 Å². The number of amides is 2. The molecule has 0 aliphatic carbocycles. The molecular formula is C24H18F2N2O3. The van der Waals surface area contributed by atoms with Crippen molar-refractivity contribution < 1.29 is 23.1 Å². The van der Waals surface area contributed by atoms with Crippen molar-refractivity contribution in [3.05, 3.63) is 95.7 Å². The van der Waals surface area contributed by atoms with Crippen LogP contribution in [-0.2, 0) is 9.59 Å². The van der Waals surface area contributed by atoms with Crippen LogP contribution in [0.1, 0.15) is 12.5 Å². The van der Waals surface area contributed by atoms with Gasteiger partial charge in [-0.05, 0) is 48.9 Å². The lowest BCUT2D eigenvalue weighted by Crippen LogP contribution is -2.32. The van der Waals surface area contributed by atoms with Crippen LogP contribution >= 0.6 is 0 Å². The van der Waals surface area contributed by atoms with Gasteiger partial charge in [0.05, 0.1) is 17.9 Å². The molecule has 1 heterocycles. The van der Waals surface area contributed by atoms with Gasteiger partial charge in [0.2, 0.25) is 0 Å². The molecule has 1 aliphatic rings. The molecule has 0 saturated heterocycles. The summed E-state index contributed by atoms with van der Waals surface area (Å²) >= 11 is 0. The number of anilines is 2. The Morgan fingerprint density at radius 2 is 1.58 bits per heavy atom. The molecule has 0 saturated carbocycles. The first-order valence-corrected chi connectivity index (χ1v) is 9.63. The predicted molar refractivity (Wildman–Crippen MR) is 113 cm³/mol. The molecule has 31 heavy (non-hydrogen) atoms. The molecule has 0 bridgehead atoms. The maximum Gasteiger partial charge on any atom is 0.282 e. The summed E-state index contributed by atoms with van der Waals surface area (Å²) in [5.41, 5.74) is 1.24. The summed E-state index contributed by atoms with van der Waals surface area (Å²) in [5.74, 6) is -2.83. The summed E-state index contributed by atoms with van der Waals surface area (Å²) in [7, 11) is 0. The summed E-state index contributed by atoms with van der Waals surface area (Å²) in [6.45, 7) is 2.39. The van der Waals surface area contributed by atoms with Crippen molar-refractivity contribution in [2.24, 2.45) is 0 Å². The van der Waals surface area contributed by atoms with E-state index in [1.165, 1.54) is 6.07 Å². The van der Waals surface area contributed by atoms with E-state index in [-0.39, 0.29) is 17.0 Å². The van der Waals surface area contributed by atoms with Gasteiger partial charge < -0.3 is 10.1 Å². The van der Waals surface area contributed by atoms with E-state index in [1.54, 1.807) is 54.6 Å². The average molecular weight is 420 g/mol. The van der Waals surface area contributed by atoms with Crippen molar-refractivity contribution >= 4 is 28.8 Å². The minimum atomic E-state index is -1.15. The second-order valence-corrected chi connectivity index (χ2v) is 6.74. The van der Waals surface area contributed by atoms with Crippen LogP contribution in [0.3, 0.4) is 0 Å². The zero-order valence-electron chi connectivity index (χ0n) is 16.6. The molecule has 0 unspecified atom stereocenters. The standard InChI is InChI=1S/C24H18F2N2O3/c1-2-31-18-11-8-16(9-12-18)27-22-21(15-6-4-3-5-7-15)23(29)28(24(22)30)17-10-13-19(25)20(26)14-17/h3-14,27H,2H2,1H3. The SMILES string of the molecule is CCOc1ccc(NC2=C(c3ccccc3)C(=O)N(c3ccc(F)c(F)c3)C2=O)cc1. The Bertz CT molecular complexity index is 1180. The summed E-state index contributed by atoms with van der Waals surface area (Å²) in [5, 5.41) is 3.01. The van der Waals surface area contributed by atoms with E-state index in [4.69, 9.17) is 4.74 Å². The first-order chi connectivity index (χ1) is 15.0. The van der Waals surface area contributed by atoms with E-state index in [1.807, 2.05) is 6.92 Å². The van der Waals surface area contributed by atoms with E-state index in [0.29, 0.717) is 23.6 Å². The van der Waals surface area contributed by atoms with Gasteiger partial charge in [-0.2, -0.15) is 0 Å². The number of carbonyl (C=O) groups excluding carboxylic acids is 2. The highest BCUT2D eigenvalue weighted by Gasteiger charge is 2.40. The number of carbonyl (C=O) groups is 2. The number of benzene rings is 3. The minimum Gasteiger partial charge on any atom is -0.494 e. The Morgan fingerprint density at radius 1 is 0.871 bits per heavy atom. The van der Waals surface area contributed by atoms with Crippen LogP contribution in [0, 0.1) is 11.6 Å². The van der Waals surface area contributed by atoms with Gasteiger partial charge in [0, 0.05) is 11.8 Å². The predicted octanol–water partition coefficient (Wildman–Crippen LogP) is 4.76. The molecular weight excluding hydrogens is 402 g/mol. The number of hydrogen-bond donors (Lipinski definition) is 1. The maximum absolute atomic E-state index is 13.8. The van der Waals surface area contributed by atoms with Crippen LogP contribution in [0.4, 0.5) is 20.2 Å². The van der Waals surface area contributed by atoms with Crippen LogP contribution in [0.25, 0.3) is 5.57 Å². The first kappa shape index (κ1) is 20.3. The minimum absolute atomic E-state index is 0.0464. The van der Waals surface area contributed by atoms with Gasteiger partial charge in [-0.3, -0.25) is 9.59 Å². The molecule has 7 heteroatoms. The van der Waals surface area contributed by atoms with Crippen molar-refractivity contribution in [1.82, 2.24) is 0 Å². The highest BCUT2D eigenvalue weighted by molar-refractivity contribution is 6.46. The first-order valence-electron chi connectivity index (χ1n) is 9.63. The molecule has 1 aliphatic heterocycles. The van der Waals surface area contributed by atoms with Crippen molar-refractivity contribution in [3.8, 4) is 5.75 Å². The normalized spacial score (nSPS) is 13.7. The summed E-state index contributed by atoms with van der Waals surface area (Å²) in [6, 6.07) is 18.5. The number of hydrogen-bond acceptors (Lipinski definition) is 4. The summed E-state index contributed by atoms with van der Waals surface area (Å²) in [6.07, 6.45) is 0. The van der Waals surface area contributed by atoms with Gasteiger partial charge in [0.15, 0.2) is 11.6 Å². The molecule has 4 rings (SSSR count). The second kappa shape index (κ2) is 8.39. The van der Waals surface area contributed by atoms with Crippen molar-refractivity contribution in [3.63, 3.8) is 0 Å². The third kappa shape index (κ3) is 3.90. The smallest absolute Gasteiger partial charge is 0.282 e. The van der Waals surface area contributed by atoms with E-state index in [2.05, 4.69) is 5.32 Å². The van der Waals surface area contributed by atoms with E-state index < -0.39 is 23.4 Å². The molecule has 3 aromatic carbocycles. The van der Waals surface area contributed by atoms with E-state index >= 15 is 0 Å². The van der Waals surface area contributed by atoms with Gasteiger partial charge in [0.1, 0.15) is 11.4 Å². The fraction of sp³-hybridized carbons (Fsp3) is 0.0833. The monoisotopic (exact) mass is 420 g/mol. The highest BCUT2D eigenvalue weighted by atomic mass is 19.2. The quantitative estimate of drug-likeness (QED) is 0.584. The fourth-order valence-corrected chi connectivity index (χ4v) is 3.32. The third-order valence-corrected chi connectivity index (χ3v) is 4.74. The van der Waals surface area contributed by atoms with Gasteiger partial charge in [-0.25, -0.2) is 13.7 Å². The van der Waals surface area contributed by atoms with Gasteiger partial charge in [0.25, 0.3) is 11.8 Å². The van der Waals surface area contributed by atoms with Gasteiger partial charge in [-0.15, -0.1) is 0 Å². The zero-order chi connectivity index (χ0) is 22.0. The molecule has 1 N–H and O–H groups in total. The van der Waals surface area contributed by atoms with Gasteiger partial charge in [-0.1, -0.05) is 30.3 Å². The van der Waals surface area contributed by atoms with Crippen molar-refractivity contribution in [2.75, 3.05) is 16.8 Å². The molecule has 2 amide bonds. The van der Waals surface area contributed by atoms with E-state index in [9.17, 15) is 18.4 Å². The van der Waals surface area contributed by atoms with Crippen LogP contribution in [0.5, 0.6) is 5.75 Å². The number of rotatable bonds is 6. The molecule has 5 nitrogen and oxygen atoms in total. The highest BCUT2D eigenvalue weighted by Crippen LogP contribution is 2.34. The number of imide groups is 1. The number of halogens is 2. The molecule has 0 atom stereocenters. The molecule has 3 aromatic rings. The Hall–Kier alpha value is -4.00. The zero-order valence-corrected chi connectivity index (χ0v) is 16.6. The van der Waals surface area contributed by atoms with Crippen LogP contribution in [0.2, 0.25) is 0 Å². The topological polar surface area (TPSA) is 58.6 Å². The molecule has 0 spiro atoms. The number of ether oxygens (including phenoxy) is 1. The van der Waals surface area contributed by atoms with Crippen molar-refractivity contribution in [1.29, 1.82) is 0 Å². The Balaban J connectivity index is 1.75. The molecule has 0 radical (unpaired) electrons. The third-order valence-electron chi connectivity index (χ3n) is 4.74. The Kier molecular flexibility index (Phi) is 5.49. The Morgan fingerprint density at radius 3 is 2.23 bits per heavy atom. The lowest BCUT2D eigenvalue weighted by Gasteiger charge is -2.15. The maximum atomic E-state index is 13.8. The van der Waals surface area contributed by atoms with Crippen LogP contribution < -0.4 is 15.0 Å².